The molecule has 9 nitrogen and oxygen atoms in total. The third kappa shape index (κ3) is 3.84. The van der Waals surface area contributed by atoms with Crippen LogP contribution in [0.25, 0.3) is 11.2 Å². The van der Waals surface area contributed by atoms with Gasteiger partial charge in [0.2, 0.25) is 0 Å². The summed E-state index contributed by atoms with van der Waals surface area (Å²) in [5.41, 5.74) is 3.17. The number of carbonyl (C=O) groups excluding carboxylic acids is 1. The van der Waals surface area contributed by atoms with E-state index in [1.807, 2.05) is 23.1 Å². The lowest BCUT2D eigenvalue weighted by atomic mass is 10.1. The largest absolute Gasteiger partial charge is 0.497 e. The van der Waals surface area contributed by atoms with Gasteiger partial charge in [0.15, 0.2) is 17.0 Å². The van der Waals surface area contributed by atoms with Gasteiger partial charge in [0.25, 0.3) is 5.91 Å². The van der Waals surface area contributed by atoms with Gasteiger partial charge in [-0.3, -0.25) is 4.79 Å². The molecule has 5 rings (SSSR count). The van der Waals surface area contributed by atoms with E-state index in [2.05, 4.69) is 37.3 Å². The molecule has 32 heavy (non-hydrogen) atoms. The van der Waals surface area contributed by atoms with Crippen LogP contribution in [0.4, 0.5) is 5.82 Å². The van der Waals surface area contributed by atoms with E-state index in [1.54, 1.807) is 42.4 Å². The van der Waals surface area contributed by atoms with Crippen molar-refractivity contribution < 1.29 is 9.53 Å². The van der Waals surface area contributed by atoms with Crippen molar-refractivity contribution in [3.63, 3.8) is 0 Å². The number of nitrogens with zero attached hydrogens (tertiary/aromatic N) is 7. The molecule has 9 heteroatoms. The number of anilines is 1. The molecule has 2 aromatic heterocycles. The molecular formula is C23H23N7O2. The molecule has 1 saturated heterocycles. The maximum atomic E-state index is 12.8. The van der Waals surface area contributed by atoms with Crippen molar-refractivity contribution >= 4 is 22.9 Å². The van der Waals surface area contributed by atoms with Crippen molar-refractivity contribution in [1.82, 2.24) is 29.9 Å². The minimum Gasteiger partial charge on any atom is -0.497 e. The second-order valence-electron chi connectivity index (χ2n) is 7.61. The normalized spacial score (nSPS) is 14.0. The molecule has 0 bridgehead atoms. The number of aromatic nitrogens is 5. The molecule has 2 aromatic carbocycles. The van der Waals surface area contributed by atoms with Crippen LogP contribution in [0.2, 0.25) is 0 Å². The highest BCUT2D eigenvalue weighted by Crippen LogP contribution is 2.23. The third-order valence-corrected chi connectivity index (χ3v) is 5.66. The van der Waals surface area contributed by atoms with Gasteiger partial charge in [-0.1, -0.05) is 35.5 Å². The average molecular weight is 429 g/mol. The topological polar surface area (TPSA) is 89.3 Å². The number of fused-ring (bicyclic) bond motifs is 1. The number of benzene rings is 2. The average Bonchev–Trinajstić information content (AvgIpc) is 3.27. The molecular weight excluding hydrogens is 406 g/mol. The van der Waals surface area contributed by atoms with Gasteiger partial charge in [-0.05, 0) is 29.8 Å². The SMILES string of the molecule is COc1ccc(C(=O)N2CCN(c3ncnc4c3nnn4Cc3ccccc3)CC2)cc1. The zero-order chi connectivity index (χ0) is 21.9. The summed E-state index contributed by atoms with van der Waals surface area (Å²) in [6.07, 6.45) is 1.55. The van der Waals surface area contributed by atoms with Crippen LogP contribution in [0.15, 0.2) is 60.9 Å². The van der Waals surface area contributed by atoms with Crippen LogP contribution in [0.3, 0.4) is 0 Å². The van der Waals surface area contributed by atoms with Crippen LogP contribution in [-0.2, 0) is 6.54 Å². The molecule has 4 aromatic rings. The summed E-state index contributed by atoms with van der Waals surface area (Å²) in [7, 11) is 1.61. The second-order valence-corrected chi connectivity index (χ2v) is 7.61. The van der Waals surface area contributed by atoms with E-state index >= 15 is 0 Å². The maximum absolute atomic E-state index is 12.8. The molecule has 1 amide bonds. The summed E-state index contributed by atoms with van der Waals surface area (Å²) in [6.45, 7) is 3.14. The Bertz CT molecular complexity index is 1220. The van der Waals surface area contributed by atoms with Gasteiger partial charge in [-0.2, -0.15) is 0 Å². The lowest BCUT2D eigenvalue weighted by Gasteiger charge is -2.35. The maximum Gasteiger partial charge on any atom is 0.253 e. The van der Waals surface area contributed by atoms with Crippen LogP contribution in [-0.4, -0.2) is 69.1 Å². The van der Waals surface area contributed by atoms with E-state index in [1.165, 1.54) is 0 Å². The number of hydrogen-bond acceptors (Lipinski definition) is 7. The highest BCUT2D eigenvalue weighted by molar-refractivity contribution is 5.94. The highest BCUT2D eigenvalue weighted by Gasteiger charge is 2.25. The predicted molar refractivity (Wildman–Crippen MR) is 120 cm³/mol. The Labute approximate surface area is 185 Å². The lowest BCUT2D eigenvalue weighted by molar-refractivity contribution is 0.0746. The first-order valence-corrected chi connectivity index (χ1v) is 10.5. The quantitative estimate of drug-likeness (QED) is 0.481. The van der Waals surface area contributed by atoms with Gasteiger partial charge in [0, 0.05) is 31.7 Å². The Balaban J connectivity index is 1.30. The fourth-order valence-electron chi connectivity index (χ4n) is 3.91. The molecule has 0 atom stereocenters. The number of carbonyl (C=O) groups is 1. The van der Waals surface area contributed by atoms with Crippen molar-refractivity contribution in [1.29, 1.82) is 0 Å². The molecule has 0 saturated carbocycles. The number of piperazine rings is 1. The number of ether oxygens (including phenoxy) is 1. The molecule has 1 aliphatic rings. The fraction of sp³-hybridized carbons (Fsp3) is 0.261. The first-order chi connectivity index (χ1) is 15.7. The summed E-state index contributed by atoms with van der Waals surface area (Å²) in [5, 5.41) is 8.67. The van der Waals surface area contributed by atoms with Crippen LogP contribution in [0.1, 0.15) is 15.9 Å². The molecule has 0 radical (unpaired) electrons. The summed E-state index contributed by atoms with van der Waals surface area (Å²) in [4.78, 5) is 25.7. The summed E-state index contributed by atoms with van der Waals surface area (Å²) in [5.74, 6) is 1.51. The third-order valence-electron chi connectivity index (χ3n) is 5.66. The standard InChI is InChI=1S/C23H23N7O2/c1-32-19-9-7-18(8-10-19)23(31)29-13-11-28(12-14-29)21-20-22(25-16-24-21)30(27-26-20)15-17-5-3-2-4-6-17/h2-10,16H,11-15H2,1H3. The molecule has 1 fully saturated rings. The summed E-state index contributed by atoms with van der Waals surface area (Å²) in [6, 6.07) is 17.3. The van der Waals surface area contributed by atoms with E-state index in [0.717, 1.165) is 17.1 Å². The number of rotatable bonds is 5. The monoisotopic (exact) mass is 429 g/mol. The second kappa shape index (κ2) is 8.62. The Morgan fingerprint density at radius 1 is 0.969 bits per heavy atom. The lowest BCUT2D eigenvalue weighted by Crippen LogP contribution is -2.49. The van der Waals surface area contributed by atoms with Crippen LogP contribution < -0.4 is 9.64 Å². The van der Waals surface area contributed by atoms with Gasteiger partial charge >= 0.3 is 0 Å². The molecule has 0 N–H and O–H groups in total. The zero-order valence-corrected chi connectivity index (χ0v) is 17.8. The smallest absolute Gasteiger partial charge is 0.253 e. The van der Waals surface area contributed by atoms with E-state index < -0.39 is 0 Å². The van der Waals surface area contributed by atoms with Gasteiger partial charge in [-0.15, -0.1) is 5.10 Å². The molecule has 1 aliphatic heterocycles. The Morgan fingerprint density at radius 3 is 2.44 bits per heavy atom. The Hall–Kier alpha value is -4.01. The highest BCUT2D eigenvalue weighted by atomic mass is 16.5. The molecule has 0 unspecified atom stereocenters. The number of amides is 1. The minimum absolute atomic E-state index is 0.0222. The predicted octanol–water partition coefficient (Wildman–Crippen LogP) is 2.24. The number of hydrogen-bond donors (Lipinski definition) is 0. The van der Waals surface area contributed by atoms with E-state index in [-0.39, 0.29) is 5.91 Å². The van der Waals surface area contributed by atoms with Gasteiger partial charge in [0.05, 0.1) is 13.7 Å². The first-order valence-electron chi connectivity index (χ1n) is 10.5. The zero-order valence-electron chi connectivity index (χ0n) is 17.8. The van der Waals surface area contributed by atoms with E-state index in [9.17, 15) is 4.79 Å². The summed E-state index contributed by atoms with van der Waals surface area (Å²) >= 11 is 0. The van der Waals surface area contributed by atoms with E-state index in [4.69, 9.17) is 4.74 Å². The molecule has 3 heterocycles. The Morgan fingerprint density at radius 2 is 1.72 bits per heavy atom. The molecule has 162 valence electrons. The van der Waals surface area contributed by atoms with E-state index in [0.29, 0.717) is 49.5 Å². The minimum atomic E-state index is 0.0222. The van der Waals surface area contributed by atoms with Crippen LogP contribution in [0, 0.1) is 0 Å². The molecule has 0 spiro atoms. The van der Waals surface area contributed by atoms with Crippen LogP contribution in [0.5, 0.6) is 5.75 Å². The Kier molecular flexibility index (Phi) is 5.37. The van der Waals surface area contributed by atoms with Crippen molar-refractivity contribution in [2.75, 3.05) is 38.2 Å². The van der Waals surface area contributed by atoms with Gasteiger partial charge < -0.3 is 14.5 Å². The van der Waals surface area contributed by atoms with Crippen molar-refractivity contribution in [3.05, 3.63) is 72.1 Å². The van der Waals surface area contributed by atoms with Crippen molar-refractivity contribution in [2.45, 2.75) is 6.54 Å². The fourth-order valence-corrected chi connectivity index (χ4v) is 3.91. The van der Waals surface area contributed by atoms with Gasteiger partial charge in [0.1, 0.15) is 12.1 Å². The number of methoxy groups -OCH3 is 1. The summed E-state index contributed by atoms with van der Waals surface area (Å²) < 4.78 is 6.96. The van der Waals surface area contributed by atoms with Crippen LogP contribution >= 0.6 is 0 Å². The first kappa shape index (κ1) is 19.9. The van der Waals surface area contributed by atoms with Crippen molar-refractivity contribution in [2.24, 2.45) is 0 Å². The van der Waals surface area contributed by atoms with Crippen molar-refractivity contribution in [3.8, 4) is 5.75 Å². The van der Waals surface area contributed by atoms with Gasteiger partial charge in [-0.25, -0.2) is 14.6 Å². The molecule has 0 aliphatic carbocycles.